The van der Waals surface area contributed by atoms with E-state index in [0.29, 0.717) is 6.04 Å². The molecule has 0 atom stereocenters. The number of piperidine rings is 1. The maximum atomic E-state index is 12.9. The van der Waals surface area contributed by atoms with Crippen LogP contribution in [0.3, 0.4) is 0 Å². The lowest BCUT2D eigenvalue weighted by atomic mass is 10.0. The maximum Gasteiger partial charge on any atom is 0.254 e. The van der Waals surface area contributed by atoms with Crippen molar-refractivity contribution in [3.05, 3.63) is 35.4 Å². The molecule has 118 valence electrons. The van der Waals surface area contributed by atoms with Crippen LogP contribution in [0.5, 0.6) is 0 Å². The van der Waals surface area contributed by atoms with Gasteiger partial charge in [-0.15, -0.1) is 0 Å². The fourth-order valence-electron chi connectivity index (χ4n) is 3.37. The van der Waals surface area contributed by atoms with Crippen molar-refractivity contribution in [1.82, 2.24) is 9.80 Å². The smallest absolute Gasteiger partial charge is 0.254 e. The van der Waals surface area contributed by atoms with Crippen molar-refractivity contribution in [2.75, 3.05) is 13.1 Å². The molecule has 1 aliphatic carbocycles. The van der Waals surface area contributed by atoms with Gasteiger partial charge >= 0.3 is 0 Å². The van der Waals surface area contributed by atoms with E-state index in [2.05, 4.69) is 4.90 Å². The standard InChI is InChI=1S/C18H24N2O2/c1-13-4-3-5-15(12-13)18(22)20(16-6-7-16)17-8-10-19(11-9-17)14(2)21/h3-5,12,16-17H,6-11H2,1-2H3. The van der Waals surface area contributed by atoms with Crippen molar-refractivity contribution in [2.45, 2.75) is 51.6 Å². The second-order valence-electron chi connectivity index (χ2n) is 6.55. The molecule has 3 rings (SSSR count). The molecule has 1 aromatic carbocycles. The molecule has 2 fully saturated rings. The van der Waals surface area contributed by atoms with Crippen LogP contribution in [0.2, 0.25) is 0 Å². The van der Waals surface area contributed by atoms with E-state index in [0.717, 1.165) is 49.9 Å². The summed E-state index contributed by atoms with van der Waals surface area (Å²) in [5.74, 6) is 0.300. The molecule has 1 heterocycles. The molecule has 0 unspecified atom stereocenters. The number of aryl methyl sites for hydroxylation is 1. The first kappa shape index (κ1) is 15.1. The predicted molar refractivity (Wildman–Crippen MR) is 85.6 cm³/mol. The average Bonchev–Trinajstić information content (AvgIpc) is 3.32. The number of nitrogens with zero attached hydrogens (tertiary/aromatic N) is 2. The Bertz CT molecular complexity index is 572. The van der Waals surface area contributed by atoms with Crippen LogP contribution < -0.4 is 0 Å². The third-order valence-corrected chi connectivity index (χ3v) is 4.74. The minimum absolute atomic E-state index is 0.140. The third kappa shape index (κ3) is 3.16. The van der Waals surface area contributed by atoms with E-state index in [1.54, 1.807) is 6.92 Å². The van der Waals surface area contributed by atoms with E-state index < -0.39 is 0 Å². The molecule has 0 spiro atoms. The number of carbonyl (C=O) groups is 2. The van der Waals surface area contributed by atoms with Gasteiger partial charge in [-0.25, -0.2) is 0 Å². The maximum absolute atomic E-state index is 12.9. The van der Waals surface area contributed by atoms with Crippen molar-refractivity contribution in [3.63, 3.8) is 0 Å². The van der Waals surface area contributed by atoms with E-state index in [4.69, 9.17) is 0 Å². The summed E-state index contributed by atoms with van der Waals surface area (Å²) in [5.41, 5.74) is 1.91. The van der Waals surface area contributed by atoms with E-state index in [-0.39, 0.29) is 17.9 Å². The van der Waals surface area contributed by atoms with Gasteiger partial charge in [0.05, 0.1) is 0 Å². The number of rotatable bonds is 3. The Labute approximate surface area is 132 Å². The minimum Gasteiger partial charge on any atom is -0.343 e. The second kappa shape index (κ2) is 6.11. The molecule has 2 amide bonds. The zero-order valence-electron chi connectivity index (χ0n) is 13.4. The van der Waals surface area contributed by atoms with Crippen LogP contribution in [0, 0.1) is 6.92 Å². The van der Waals surface area contributed by atoms with Crippen LogP contribution in [-0.2, 0) is 4.79 Å². The first-order valence-electron chi connectivity index (χ1n) is 8.21. The molecule has 1 saturated carbocycles. The lowest BCUT2D eigenvalue weighted by Gasteiger charge is -2.38. The summed E-state index contributed by atoms with van der Waals surface area (Å²) in [5, 5.41) is 0. The van der Waals surface area contributed by atoms with Crippen LogP contribution in [0.15, 0.2) is 24.3 Å². The number of benzene rings is 1. The highest BCUT2D eigenvalue weighted by Gasteiger charge is 2.39. The fourth-order valence-corrected chi connectivity index (χ4v) is 3.37. The Hall–Kier alpha value is -1.84. The van der Waals surface area contributed by atoms with Crippen molar-refractivity contribution in [3.8, 4) is 0 Å². The lowest BCUT2D eigenvalue weighted by molar-refractivity contribution is -0.130. The van der Waals surface area contributed by atoms with E-state index in [1.165, 1.54) is 0 Å². The number of hydrogen-bond acceptors (Lipinski definition) is 2. The quantitative estimate of drug-likeness (QED) is 0.861. The summed E-state index contributed by atoms with van der Waals surface area (Å²) in [6.45, 7) is 5.18. The zero-order valence-corrected chi connectivity index (χ0v) is 13.4. The molecule has 22 heavy (non-hydrogen) atoms. The molecule has 0 bridgehead atoms. The zero-order chi connectivity index (χ0) is 15.7. The first-order valence-corrected chi connectivity index (χ1v) is 8.21. The van der Waals surface area contributed by atoms with Crippen LogP contribution >= 0.6 is 0 Å². The summed E-state index contributed by atoms with van der Waals surface area (Å²) in [6, 6.07) is 8.53. The van der Waals surface area contributed by atoms with Crippen molar-refractivity contribution in [1.29, 1.82) is 0 Å². The number of likely N-dealkylation sites (tertiary alicyclic amines) is 1. The molecule has 4 heteroatoms. The van der Waals surface area contributed by atoms with Gasteiger partial charge in [0.1, 0.15) is 0 Å². The van der Waals surface area contributed by atoms with Gasteiger partial charge in [-0.3, -0.25) is 9.59 Å². The van der Waals surface area contributed by atoms with Crippen LogP contribution in [0.4, 0.5) is 0 Å². The molecule has 0 N–H and O–H groups in total. The molecule has 0 radical (unpaired) electrons. The van der Waals surface area contributed by atoms with Gasteiger partial charge in [0.25, 0.3) is 5.91 Å². The van der Waals surface area contributed by atoms with E-state index in [1.807, 2.05) is 36.1 Å². The van der Waals surface area contributed by atoms with Crippen LogP contribution in [0.1, 0.15) is 48.5 Å². The molecular formula is C18H24N2O2. The van der Waals surface area contributed by atoms with Gasteiger partial charge in [0, 0.05) is 37.7 Å². The normalized spacial score (nSPS) is 19.1. The van der Waals surface area contributed by atoms with Crippen molar-refractivity contribution < 1.29 is 9.59 Å². The third-order valence-electron chi connectivity index (χ3n) is 4.74. The van der Waals surface area contributed by atoms with Gasteiger partial charge in [-0.1, -0.05) is 17.7 Å². The summed E-state index contributed by atoms with van der Waals surface area (Å²) < 4.78 is 0. The Morgan fingerprint density at radius 2 is 1.73 bits per heavy atom. The topological polar surface area (TPSA) is 40.6 Å². The minimum atomic E-state index is 0.140. The van der Waals surface area contributed by atoms with E-state index >= 15 is 0 Å². The summed E-state index contributed by atoms with van der Waals surface area (Å²) in [6.07, 6.45) is 4.02. The largest absolute Gasteiger partial charge is 0.343 e. The molecule has 2 aliphatic rings. The fraction of sp³-hybridized carbons (Fsp3) is 0.556. The van der Waals surface area contributed by atoms with Gasteiger partial charge in [-0.05, 0) is 44.7 Å². The van der Waals surface area contributed by atoms with Crippen LogP contribution in [0.25, 0.3) is 0 Å². The Balaban J connectivity index is 1.74. The summed E-state index contributed by atoms with van der Waals surface area (Å²) in [4.78, 5) is 28.4. The monoisotopic (exact) mass is 300 g/mol. The number of amides is 2. The van der Waals surface area contributed by atoms with Gasteiger partial charge < -0.3 is 9.80 Å². The predicted octanol–water partition coefficient (Wildman–Crippen LogP) is 2.61. The van der Waals surface area contributed by atoms with Gasteiger partial charge in [0.15, 0.2) is 0 Å². The van der Waals surface area contributed by atoms with Crippen molar-refractivity contribution >= 4 is 11.8 Å². The van der Waals surface area contributed by atoms with Gasteiger partial charge in [-0.2, -0.15) is 0 Å². The molecule has 1 saturated heterocycles. The highest BCUT2D eigenvalue weighted by Crippen LogP contribution is 2.33. The second-order valence-corrected chi connectivity index (χ2v) is 6.55. The molecule has 1 aromatic rings. The first-order chi connectivity index (χ1) is 10.6. The highest BCUT2D eigenvalue weighted by atomic mass is 16.2. The summed E-state index contributed by atoms with van der Waals surface area (Å²) >= 11 is 0. The average molecular weight is 300 g/mol. The number of carbonyl (C=O) groups excluding carboxylic acids is 2. The Kier molecular flexibility index (Phi) is 4.19. The van der Waals surface area contributed by atoms with Crippen LogP contribution in [-0.4, -0.2) is 46.8 Å². The van der Waals surface area contributed by atoms with E-state index in [9.17, 15) is 9.59 Å². The highest BCUT2D eigenvalue weighted by molar-refractivity contribution is 5.95. The SMILES string of the molecule is CC(=O)N1CCC(N(C(=O)c2cccc(C)c2)C2CC2)CC1. The summed E-state index contributed by atoms with van der Waals surface area (Å²) in [7, 11) is 0. The molecule has 1 aliphatic heterocycles. The molecule has 0 aromatic heterocycles. The molecule has 4 nitrogen and oxygen atoms in total. The van der Waals surface area contributed by atoms with Gasteiger partial charge in [0.2, 0.25) is 5.91 Å². The number of hydrogen-bond donors (Lipinski definition) is 0. The lowest BCUT2D eigenvalue weighted by Crippen LogP contribution is -2.49. The Morgan fingerprint density at radius 1 is 1.09 bits per heavy atom. The van der Waals surface area contributed by atoms with Crippen molar-refractivity contribution in [2.24, 2.45) is 0 Å². The molecular weight excluding hydrogens is 276 g/mol. The Morgan fingerprint density at radius 3 is 2.27 bits per heavy atom.